The summed E-state index contributed by atoms with van der Waals surface area (Å²) in [5.74, 6) is 0. The van der Waals surface area contributed by atoms with Crippen molar-refractivity contribution in [1.29, 1.82) is 0 Å². The second kappa shape index (κ2) is 6.21. The number of aromatic nitrogens is 2. The van der Waals surface area contributed by atoms with E-state index in [-0.39, 0.29) is 6.67 Å². The monoisotopic (exact) mass is 293 g/mol. The molecule has 2 aromatic rings. The van der Waals surface area contributed by atoms with E-state index in [9.17, 15) is 9.59 Å². The molecule has 0 aliphatic heterocycles. The van der Waals surface area contributed by atoms with E-state index in [2.05, 4.69) is 4.98 Å². The van der Waals surface area contributed by atoms with Gasteiger partial charge < -0.3 is 4.74 Å². The van der Waals surface area contributed by atoms with E-state index in [0.717, 1.165) is 0 Å². The SMILES string of the molecule is COC(=O)N(Cn1cc(Cl)cnc1=O)c1ccccc1. The summed E-state index contributed by atoms with van der Waals surface area (Å²) in [6.45, 7) is -0.0386. The Hall–Kier alpha value is -2.34. The number of para-hydroxylation sites is 1. The number of anilines is 1. The van der Waals surface area contributed by atoms with Gasteiger partial charge in [-0.15, -0.1) is 0 Å². The van der Waals surface area contributed by atoms with E-state index in [0.29, 0.717) is 10.7 Å². The minimum Gasteiger partial charge on any atom is -0.452 e. The molecule has 0 aliphatic rings. The Labute approximate surface area is 120 Å². The van der Waals surface area contributed by atoms with Crippen molar-refractivity contribution >= 4 is 23.4 Å². The van der Waals surface area contributed by atoms with E-state index in [1.54, 1.807) is 24.3 Å². The molecule has 1 amide bonds. The highest BCUT2D eigenvalue weighted by Gasteiger charge is 2.17. The molecule has 0 bridgehead atoms. The van der Waals surface area contributed by atoms with Crippen molar-refractivity contribution in [2.45, 2.75) is 6.67 Å². The van der Waals surface area contributed by atoms with Gasteiger partial charge in [0.2, 0.25) is 0 Å². The number of rotatable bonds is 3. The molecular formula is C13H12ClN3O3. The lowest BCUT2D eigenvalue weighted by Gasteiger charge is -2.21. The lowest BCUT2D eigenvalue weighted by atomic mass is 10.3. The number of carbonyl (C=O) groups excluding carboxylic acids is 1. The molecule has 20 heavy (non-hydrogen) atoms. The van der Waals surface area contributed by atoms with Crippen molar-refractivity contribution in [3.63, 3.8) is 0 Å². The molecule has 0 spiro atoms. The molecule has 104 valence electrons. The highest BCUT2D eigenvalue weighted by Crippen LogP contribution is 2.15. The molecule has 0 N–H and O–H groups in total. The second-order valence-electron chi connectivity index (χ2n) is 3.90. The van der Waals surface area contributed by atoms with Gasteiger partial charge in [0.1, 0.15) is 6.67 Å². The molecule has 1 heterocycles. The Morgan fingerprint density at radius 1 is 1.40 bits per heavy atom. The van der Waals surface area contributed by atoms with Crippen LogP contribution in [0.25, 0.3) is 0 Å². The summed E-state index contributed by atoms with van der Waals surface area (Å²) in [5, 5.41) is 0.308. The van der Waals surface area contributed by atoms with Gasteiger partial charge in [0.15, 0.2) is 0 Å². The van der Waals surface area contributed by atoms with Crippen LogP contribution in [0, 0.1) is 0 Å². The van der Waals surface area contributed by atoms with Gasteiger partial charge in [0, 0.05) is 11.9 Å². The van der Waals surface area contributed by atoms with Crippen LogP contribution in [0.5, 0.6) is 0 Å². The first-order chi connectivity index (χ1) is 9.61. The molecule has 0 atom stereocenters. The number of halogens is 1. The fraction of sp³-hybridized carbons (Fsp3) is 0.154. The Balaban J connectivity index is 2.36. The summed E-state index contributed by atoms with van der Waals surface area (Å²) in [7, 11) is 1.28. The summed E-state index contributed by atoms with van der Waals surface area (Å²) < 4.78 is 5.96. The lowest BCUT2D eigenvalue weighted by Crippen LogP contribution is -2.37. The predicted octanol–water partition coefficient (Wildman–Crippen LogP) is 2.13. The van der Waals surface area contributed by atoms with Gasteiger partial charge in [-0.25, -0.2) is 9.59 Å². The van der Waals surface area contributed by atoms with Crippen molar-refractivity contribution in [2.75, 3.05) is 12.0 Å². The lowest BCUT2D eigenvalue weighted by molar-refractivity contribution is 0.176. The molecule has 0 radical (unpaired) electrons. The zero-order valence-corrected chi connectivity index (χ0v) is 11.4. The van der Waals surface area contributed by atoms with Crippen LogP contribution in [-0.2, 0) is 11.4 Å². The topological polar surface area (TPSA) is 64.4 Å². The van der Waals surface area contributed by atoms with Gasteiger partial charge >= 0.3 is 11.8 Å². The number of nitrogens with zero attached hydrogens (tertiary/aromatic N) is 3. The highest BCUT2D eigenvalue weighted by molar-refractivity contribution is 6.30. The van der Waals surface area contributed by atoms with E-state index >= 15 is 0 Å². The number of benzene rings is 1. The van der Waals surface area contributed by atoms with Gasteiger partial charge in [-0.05, 0) is 12.1 Å². The largest absolute Gasteiger partial charge is 0.452 e. The third kappa shape index (κ3) is 3.16. The van der Waals surface area contributed by atoms with Gasteiger partial charge in [0.25, 0.3) is 0 Å². The second-order valence-corrected chi connectivity index (χ2v) is 4.34. The van der Waals surface area contributed by atoms with Gasteiger partial charge in [-0.2, -0.15) is 4.98 Å². The summed E-state index contributed by atoms with van der Waals surface area (Å²) in [6, 6.07) is 8.86. The van der Waals surface area contributed by atoms with Crippen LogP contribution in [0.4, 0.5) is 10.5 Å². The van der Waals surface area contributed by atoms with Crippen molar-refractivity contribution < 1.29 is 9.53 Å². The normalized spacial score (nSPS) is 10.1. The number of hydrogen-bond donors (Lipinski definition) is 0. The summed E-state index contributed by atoms with van der Waals surface area (Å²) in [4.78, 5) is 28.4. The molecule has 0 aliphatic carbocycles. The molecule has 0 saturated heterocycles. The standard InChI is InChI=1S/C13H12ClN3O3/c1-20-13(19)17(11-5-3-2-4-6-11)9-16-8-10(14)7-15-12(16)18/h2-8H,9H2,1H3. The number of ether oxygens (including phenoxy) is 1. The smallest absolute Gasteiger partial charge is 0.415 e. The van der Waals surface area contributed by atoms with Crippen LogP contribution in [0.2, 0.25) is 5.02 Å². The minimum atomic E-state index is -0.580. The Kier molecular flexibility index (Phi) is 4.37. The maximum atomic E-state index is 11.8. The Morgan fingerprint density at radius 2 is 2.10 bits per heavy atom. The molecule has 1 aromatic carbocycles. The van der Waals surface area contributed by atoms with Crippen LogP contribution < -0.4 is 10.6 Å². The summed E-state index contributed by atoms with van der Waals surface area (Å²) in [6.07, 6.45) is 2.09. The van der Waals surface area contributed by atoms with E-state index in [1.165, 1.54) is 29.0 Å². The average molecular weight is 294 g/mol. The first-order valence-electron chi connectivity index (χ1n) is 5.74. The average Bonchev–Trinajstić information content (AvgIpc) is 2.48. The fourth-order valence-corrected chi connectivity index (χ4v) is 1.81. The Bertz CT molecular complexity index is 657. The zero-order chi connectivity index (χ0) is 14.5. The van der Waals surface area contributed by atoms with Crippen LogP contribution >= 0.6 is 11.6 Å². The fourth-order valence-electron chi connectivity index (χ4n) is 1.65. The molecule has 0 saturated carbocycles. The maximum Gasteiger partial charge on any atom is 0.415 e. The van der Waals surface area contributed by atoms with Crippen LogP contribution in [0.1, 0.15) is 0 Å². The van der Waals surface area contributed by atoms with E-state index in [1.807, 2.05) is 6.07 Å². The third-order valence-electron chi connectivity index (χ3n) is 2.58. The van der Waals surface area contributed by atoms with E-state index in [4.69, 9.17) is 16.3 Å². The van der Waals surface area contributed by atoms with Crippen molar-refractivity contribution in [3.8, 4) is 0 Å². The Morgan fingerprint density at radius 3 is 2.75 bits per heavy atom. The number of carbonyl (C=O) groups is 1. The van der Waals surface area contributed by atoms with Crippen molar-refractivity contribution in [2.24, 2.45) is 0 Å². The van der Waals surface area contributed by atoms with Crippen LogP contribution in [0.15, 0.2) is 47.5 Å². The highest BCUT2D eigenvalue weighted by atomic mass is 35.5. The zero-order valence-electron chi connectivity index (χ0n) is 10.7. The molecule has 0 fully saturated rings. The summed E-state index contributed by atoms with van der Waals surface area (Å²) in [5.41, 5.74) is 0.102. The van der Waals surface area contributed by atoms with Crippen molar-refractivity contribution in [1.82, 2.24) is 9.55 Å². The van der Waals surface area contributed by atoms with Gasteiger partial charge in [-0.1, -0.05) is 29.8 Å². The number of hydrogen-bond acceptors (Lipinski definition) is 4. The first kappa shape index (κ1) is 14.1. The van der Waals surface area contributed by atoms with Crippen LogP contribution in [-0.4, -0.2) is 22.8 Å². The van der Waals surface area contributed by atoms with E-state index < -0.39 is 11.8 Å². The first-order valence-corrected chi connectivity index (χ1v) is 6.12. The minimum absolute atomic E-state index is 0.0386. The number of methoxy groups -OCH3 is 1. The maximum absolute atomic E-state index is 11.8. The molecule has 6 nitrogen and oxygen atoms in total. The molecule has 7 heteroatoms. The van der Waals surface area contributed by atoms with Gasteiger partial charge in [0.05, 0.1) is 18.3 Å². The quantitative estimate of drug-likeness (QED) is 0.869. The third-order valence-corrected chi connectivity index (χ3v) is 2.78. The summed E-state index contributed by atoms with van der Waals surface area (Å²) >= 11 is 5.80. The van der Waals surface area contributed by atoms with Crippen molar-refractivity contribution in [3.05, 3.63) is 58.2 Å². The number of amides is 1. The van der Waals surface area contributed by atoms with Crippen LogP contribution in [0.3, 0.4) is 0 Å². The molecule has 0 unspecified atom stereocenters. The molecule has 1 aromatic heterocycles. The molecule has 2 rings (SSSR count). The molecular weight excluding hydrogens is 282 g/mol. The predicted molar refractivity (Wildman–Crippen MR) is 74.8 cm³/mol. The van der Waals surface area contributed by atoms with Gasteiger partial charge in [-0.3, -0.25) is 9.47 Å².